The molecule has 0 bridgehead atoms. The second kappa shape index (κ2) is 5.42. The standard InChI is InChI=1S/C15H20N2O3/c16-15(5-7-19-8-6-15)14(18)17-10-12-9-11-3-1-2-4-13(11)20-12/h1-4,12H,5-10,16H2,(H,17,18). The summed E-state index contributed by atoms with van der Waals surface area (Å²) in [6, 6.07) is 7.97. The van der Waals surface area contributed by atoms with Crippen LogP contribution in [0.25, 0.3) is 0 Å². The van der Waals surface area contributed by atoms with Crippen LogP contribution < -0.4 is 15.8 Å². The molecule has 1 saturated heterocycles. The molecule has 1 fully saturated rings. The number of carbonyl (C=O) groups excluding carboxylic acids is 1. The summed E-state index contributed by atoms with van der Waals surface area (Å²) < 4.78 is 11.0. The lowest BCUT2D eigenvalue weighted by Crippen LogP contribution is -2.57. The van der Waals surface area contributed by atoms with Crippen LogP contribution in [-0.4, -0.2) is 37.3 Å². The second-order valence-electron chi connectivity index (χ2n) is 5.53. The molecule has 1 unspecified atom stereocenters. The summed E-state index contributed by atoms with van der Waals surface area (Å²) in [6.45, 7) is 1.60. The Morgan fingerprint density at radius 1 is 1.35 bits per heavy atom. The van der Waals surface area contributed by atoms with E-state index in [-0.39, 0.29) is 12.0 Å². The van der Waals surface area contributed by atoms with E-state index in [0.717, 1.165) is 12.2 Å². The van der Waals surface area contributed by atoms with Gasteiger partial charge in [-0.1, -0.05) is 18.2 Å². The van der Waals surface area contributed by atoms with E-state index >= 15 is 0 Å². The average Bonchev–Trinajstić information content (AvgIpc) is 2.88. The first-order valence-corrected chi connectivity index (χ1v) is 7.07. The number of para-hydroxylation sites is 1. The van der Waals surface area contributed by atoms with Gasteiger partial charge in [-0.2, -0.15) is 0 Å². The predicted octanol–water partition coefficient (Wildman–Crippen LogP) is 0.614. The third-order valence-electron chi connectivity index (χ3n) is 4.04. The van der Waals surface area contributed by atoms with E-state index in [1.165, 1.54) is 5.56 Å². The van der Waals surface area contributed by atoms with Crippen LogP contribution >= 0.6 is 0 Å². The van der Waals surface area contributed by atoms with E-state index in [9.17, 15) is 4.79 Å². The minimum Gasteiger partial charge on any atom is -0.488 e. The van der Waals surface area contributed by atoms with E-state index in [4.69, 9.17) is 15.2 Å². The van der Waals surface area contributed by atoms with E-state index in [1.807, 2.05) is 18.2 Å². The minimum atomic E-state index is -0.788. The van der Waals surface area contributed by atoms with Crippen molar-refractivity contribution in [2.75, 3.05) is 19.8 Å². The van der Waals surface area contributed by atoms with E-state index in [0.29, 0.717) is 32.6 Å². The van der Waals surface area contributed by atoms with Gasteiger partial charge in [-0.3, -0.25) is 4.79 Å². The lowest BCUT2D eigenvalue weighted by molar-refractivity contribution is -0.130. The van der Waals surface area contributed by atoms with Gasteiger partial charge < -0.3 is 20.5 Å². The number of nitrogens with two attached hydrogens (primary N) is 1. The van der Waals surface area contributed by atoms with Gasteiger partial charge in [0.05, 0.1) is 12.1 Å². The van der Waals surface area contributed by atoms with Crippen molar-refractivity contribution in [3.05, 3.63) is 29.8 Å². The molecule has 0 radical (unpaired) electrons. The first-order chi connectivity index (χ1) is 9.67. The Labute approximate surface area is 118 Å². The highest BCUT2D eigenvalue weighted by atomic mass is 16.5. The highest BCUT2D eigenvalue weighted by molar-refractivity contribution is 5.86. The molecule has 1 aromatic rings. The maximum atomic E-state index is 12.2. The van der Waals surface area contributed by atoms with Gasteiger partial charge in [0.2, 0.25) is 5.91 Å². The molecular weight excluding hydrogens is 256 g/mol. The predicted molar refractivity (Wildman–Crippen MR) is 74.5 cm³/mol. The molecule has 1 atom stereocenters. The molecule has 1 aromatic carbocycles. The van der Waals surface area contributed by atoms with Crippen LogP contribution in [-0.2, 0) is 16.0 Å². The summed E-state index contributed by atoms with van der Waals surface area (Å²) in [5, 5.41) is 2.93. The fourth-order valence-electron chi connectivity index (χ4n) is 2.71. The van der Waals surface area contributed by atoms with Crippen molar-refractivity contribution in [3.8, 4) is 5.75 Å². The maximum absolute atomic E-state index is 12.2. The monoisotopic (exact) mass is 276 g/mol. The third kappa shape index (κ3) is 2.64. The van der Waals surface area contributed by atoms with Crippen molar-refractivity contribution in [1.29, 1.82) is 0 Å². The Morgan fingerprint density at radius 3 is 2.85 bits per heavy atom. The molecule has 5 nitrogen and oxygen atoms in total. The zero-order valence-electron chi connectivity index (χ0n) is 11.4. The quantitative estimate of drug-likeness (QED) is 0.848. The Bertz CT molecular complexity index is 473. The number of ether oxygens (including phenoxy) is 2. The number of fused-ring (bicyclic) bond motifs is 1. The molecule has 2 aliphatic heterocycles. The smallest absolute Gasteiger partial charge is 0.240 e. The molecule has 0 saturated carbocycles. The molecule has 3 rings (SSSR count). The Balaban J connectivity index is 1.52. The van der Waals surface area contributed by atoms with Crippen LogP contribution in [0.1, 0.15) is 18.4 Å². The lowest BCUT2D eigenvalue weighted by Gasteiger charge is -2.32. The summed E-state index contributed by atoms with van der Waals surface area (Å²) >= 11 is 0. The van der Waals surface area contributed by atoms with Crippen LogP contribution in [0, 0.1) is 0 Å². The van der Waals surface area contributed by atoms with Crippen LogP contribution in [0.3, 0.4) is 0 Å². The zero-order chi connectivity index (χ0) is 14.0. The summed E-state index contributed by atoms with van der Waals surface area (Å²) in [5.41, 5.74) is 6.55. The molecule has 2 aliphatic rings. The van der Waals surface area contributed by atoms with Crippen LogP contribution in [0.15, 0.2) is 24.3 Å². The number of hydrogen-bond donors (Lipinski definition) is 2. The van der Waals surface area contributed by atoms with Gasteiger partial charge in [-0.15, -0.1) is 0 Å². The summed E-state index contributed by atoms with van der Waals surface area (Å²) in [6.07, 6.45) is 1.98. The summed E-state index contributed by atoms with van der Waals surface area (Å²) in [7, 11) is 0. The summed E-state index contributed by atoms with van der Waals surface area (Å²) in [4.78, 5) is 12.2. The average molecular weight is 276 g/mol. The van der Waals surface area contributed by atoms with Crippen LogP contribution in [0.4, 0.5) is 0 Å². The van der Waals surface area contributed by atoms with Gasteiger partial charge in [-0.25, -0.2) is 0 Å². The topological polar surface area (TPSA) is 73.6 Å². The van der Waals surface area contributed by atoms with Gasteiger partial charge in [0, 0.05) is 19.6 Å². The highest BCUT2D eigenvalue weighted by Gasteiger charge is 2.36. The number of hydrogen-bond acceptors (Lipinski definition) is 4. The number of carbonyl (C=O) groups is 1. The van der Waals surface area contributed by atoms with Crippen LogP contribution in [0.2, 0.25) is 0 Å². The zero-order valence-corrected chi connectivity index (χ0v) is 11.4. The van der Waals surface area contributed by atoms with Crippen molar-refractivity contribution in [1.82, 2.24) is 5.32 Å². The second-order valence-corrected chi connectivity index (χ2v) is 5.53. The van der Waals surface area contributed by atoms with E-state index in [1.54, 1.807) is 0 Å². The Kier molecular flexibility index (Phi) is 3.63. The molecule has 0 aromatic heterocycles. The van der Waals surface area contributed by atoms with Gasteiger partial charge in [-0.05, 0) is 24.5 Å². The minimum absolute atomic E-state index is 0.000194. The van der Waals surface area contributed by atoms with E-state index in [2.05, 4.69) is 11.4 Å². The van der Waals surface area contributed by atoms with Crippen molar-refractivity contribution >= 4 is 5.91 Å². The molecule has 108 valence electrons. The van der Waals surface area contributed by atoms with Crippen molar-refractivity contribution < 1.29 is 14.3 Å². The lowest BCUT2D eigenvalue weighted by atomic mass is 9.90. The molecule has 1 amide bonds. The van der Waals surface area contributed by atoms with Crippen molar-refractivity contribution in [2.24, 2.45) is 5.73 Å². The van der Waals surface area contributed by atoms with E-state index < -0.39 is 5.54 Å². The first-order valence-electron chi connectivity index (χ1n) is 7.07. The molecule has 5 heteroatoms. The third-order valence-corrected chi connectivity index (χ3v) is 4.04. The fourth-order valence-corrected chi connectivity index (χ4v) is 2.71. The molecular formula is C15H20N2O3. The normalized spacial score (nSPS) is 23.8. The largest absolute Gasteiger partial charge is 0.488 e. The Morgan fingerprint density at radius 2 is 2.10 bits per heavy atom. The molecule has 20 heavy (non-hydrogen) atoms. The molecule has 3 N–H and O–H groups in total. The molecule has 0 aliphatic carbocycles. The fraction of sp³-hybridized carbons (Fsp3) is 0.533. The highest BCUT2D eigenvalue weighted by Crippen LogP contribution is 2.27. The maximum Gasteiger partial charge on any atom is 0.240 e. The molecule has 2 heterocycles. The van der Waals surface area contributed by atoms with Crippen molar-refractivity contribution in [2.45, 2.75) is 30.9 Å². The Hall–Kier alpha value is -1.59. The van der Waals surface area contributed by atoms with Gasteiger partial charge in [0.25, 0.3) is 0 Å². The number of amides is 1. The number of benzene rings is 1. The summed E-state index contributed by atoms with van der Waals surface area (Å²) in [5.74, 6) is 0.820. The number of nitrogens with one attached hydrogen (secondary N) is 1. The van der Waals surface area contributed by atoms with Gasteiger partial charge in [0.1, 0.15) is 11.9 Å². The van der Waals surface area contributed by atoms with Crippen molar-refractivity contribution in [3.63, 3.8) is 0 Å². The molecule has 0 spiro atoms. The van der Waals surface area contributed by atoms with Gasteiger partial charge >= 0.3 is 0 Å². The SMILES string of the molecule is NC1(C(=O)NCC2Cc3ccccc3O2)CCOCC1. The number of rotatable bonds is 3. The van der Waals surface area contributed by atoms with Crippen LogP contribution in [0.5, 0.6) is 5.75 Å². The first kappa shape index (κ1) is 13.4. The van der Waals surface area contributed by atoms with Gasteiger partial charge in [0.15, 0.2) is 0 Å².